The van der Waals surface area contributed by atoms with Crippen molar-refractivity contribution in [2.45, 2.75) is 19.3 Å². The van der Waals surface area contributed by atoms with Crippen LogP contribution < -0.4 is 0 Å². The highest BCUT2D eigenvalue weighted by Crippen LogP contribution is 2.55. The summed E-state index contributed by atoms with van der Waals surface area (Å²) < 4.78 is 22.3. The van der Waals surface area contributed by atoms with Crippen LogP contribution in [0.1, 0.15) is 25.0 Å². The van der Waals surface area contributed by atoms with Crippen molar-refractivity contribution in [1.29, 1.82) is 0 Å². The van der Waals surface area contributed by atoms with Gasteiger partial charge in [0, 0.05) is 108 Å². The normalized spacial score (nSPS) is 12.9. The summed E-state index contributed by atoms with van der Waals surface area (Å²) in [6.45, 7) is 4.73. The summed E-state index contributed by atoms with van der Waals surface area (Å²) in [4.78, 5) is 9.98. The Morgan fingerprint density at radius 2 is 0.772 bits per heavy atom. The van der Waals surface area contributed by atoms with Gasteiger partial charge in [-0.25, -0.2) is 4.98 Å². The predicted octanol–water partition coefficient (Wildman–Crippen LogP) is 32.0. The van der Waals surface area contributed by atoms with Crippen molar-refractivity contribution in [3.05, 3.63) is 388 Å². The lowest BCUT2D eigenvalue weighted by Crippen LogP contribution is -2.14. The van der Waals surface area contributed by atoms with Gasteiger partial charge < -0.3 is 18.1 Å². The second kappa shape index (κ2) is 26.0. The molecule has 1 aliphatic rings. The number of furan rings is 1. The minimum Gasteiger partial charge on any atom is -0.456 e. The fraction of sp³-hybridized carbons (Fsp3) is 0.0265. The number of pyridine rings is 1. The summed E-state index contributed by atoms with van der Waals surface area (Å²) in [5.41, 5.74) is 28.4. The first kappa shape index (κ1) is 68.8. The molecule has 0 aliphatic heterocycles. The molecular formula is C113H68N6OS3. The first-order valence-corrected chi connectivity index (χ1v) is 44.4. The Kier molecular flexibility index (Phi) is 14.5. The van der Waals surface area contributed by atoms with Crippen LogP contribution in [-0.4, -0.2) is 28.2 Å². The number of rotatable bonds is 7. The molecule has 7 nitrogen and oxygen atoms in total. The fourth-order valence-electron chi connectivity index (χ4n) is 21.1. The standard InChI is InChI=1S/C62H39N3S2.C51H29N3OS/c1-62(2)48-23-11-8-19-40(48)41-30-28-37(32-49(41)62)38-29-31-45-53(33-38)65(61-63-50-24-12-15-27-55(50)67-61)59-57(45)43-21-6-7-22-44(43)58-47-34-46-42-20-10-14-26-52(42)64(54(46)35-56(47)66-60(58)59)51-25-13-9-18-39(51)36-16-4-3-5-17-36;1-2-11-32(12-3-1)53-43-26-31(30-21-23-46-40(25-30)35-14-7-9-19-45(35)55-46)20-22-34(43)39-27-41-47(28-44(39)53)56-51-49(41)37-16-5-4-15-36(37)48-38-17-6-8-18-42(38)54(50(48)51)33-13-10-24-52-29-33/h3-35H,1-2H3;1-29H. The number of thiazole rings is 1. The van der Waals surface area contributed by atoms with Crippen LogP contribution in [0, 0.1) is 0 Å². The quantitative estimate of drug-likeness (QED) is 0.160. The lowest BCUT2D eigenvalue weighted by atomic mass is 9.81. The van der Waals surface area contributed by atoms with Crippen LogP contribution in [0.15, 0.2) is 381 Å². The van der Waals surface area contributed by atoms with Crippen LogP contribution >= 0.6 is 34.0 Å². The molecule has 9 heterocycles. The van der Waals surface area contributed by atoms with Gasteiger partial charge in [0.2, 0.25) is 0 Å². The van der Waals surface area contributed by atoms with Crippen LogP contribution in [0.5, 0.6) is 0 Å². The molecule has 27 aromatic rings. The zero-order chi connectivity index (χ0) is 80.6. The van der Waals surface area contributed by atoms with E-state index in [9.17, 15) is 0 Å². The maximum absolute atomic E-state index is 6.18. The summed E-state index contributed by atoms with van der Waals surface area (Å²) in [6.07, 6.45) is 3.83. The molecule has 574 valence electrons. The third-order valence-corrected chi connectivity index (χ3v) is 29.9. The topological polar surface area (TPSA) is 58.6 Å². The summed E-state index contributed by atoms with van der Waals surface area (Å²) in [7, 11) is 0. The van der Waals surface area contributed by atoms with E-state index in [0.29, 0.717) is 0 Å². The molecule has 18 aromatic carbocycles. The molecule has 0 fully saturated rings. The van der Waals surface area contributed by atoms with Gasteiger partial charge in [0.15, 0.2) is 5.13 Å². The van der Waals surface area contributed by atoms with E-state index in [2.05, 4.69) is 383 Å². The number of para-hydroxylation sites is 6. The van der Waals surface area contributed by atoms with Gasteiger partial charge in [0.05, 0.1) is 81.3 Å². The molecule has 0 saturated carbocycles. The highest BCUT2D eigenvalue weighted by atomic mass is 32.1. The van der Waals surface area contributed by atoms with Gasteiger partial charge in [-0.2, -0.15) is 0 Å². The van der Waals surface area contributed by atoms with E-state index in [1.54, 1.807) is 11.3 Å². The molecular weight excluding hydrogens is 1550 g/mol. The molecule has 0 bridgehead atoms. The third-order valence-electron chi connectivity index (χ3n) is 26.5. The number of aromatic nitrogens is 6. The summed E-state index contributed by atoms with van der Waals surface area (Å²) >= 11 is 5.59. The van der Waals surface area contributed by atoms with Crippen LogP contribution in [0.2, 0.25) is 0 Å². The Balaban J connectivity index is 0.000000131. The molecule has 0 unspecified atom stereocenters. The second-order valence-corrected chi connectivity index (χ2v) is 36.5. The van der Waals surface area contributed by atoms with E-state index >= 15 is 0 Å². The van der Waals surface area contributed by atoms with Gasteiger partial charge in [-0.3, -0.25) is 9.55 Å². The van der Waals surface area contributed by atoms with Crippen molar-refractivity contribution in [1.82, 2.24) is 28.2 Å². The van der Waals surface area contributed by atoms with E-state index in [1.165, 1.54) is 215 Å². The van der Waals surface area contributed by atoms with Gasteiger partial charge in [-0.05, 0) is 187 Å². The average molecular weight is 1620 g/mol. The molecule has 123 heavy (non-hydrogen) atoms. The van der Waals surface area contributed by atoms with Crippen molar-refractivity contribution in [3.8, 4) is 66.7 Å². The molecule has 9 aromatic heterocycles. The zero-order valence-corrected chi connectivity index (χ0v) is 69.1. The highest BCUT2D eigenvalue weighted by Gasteiger charge is 2.36. The van der Waals surface area contributed by atoms with Crippen molar-refractivity contribution in [3.63, 3.8) is 0 Å². The van der Waals surface area contributed by atoms with E-state index in [1.807, 2.05) is 53.3 Å². The smallest absolute Gasteiger partial charge is 0.195 e. The SMILES string of the molecule is CC1(C)c2ccccc2-c2ccc(-c3ccc4c5c6ccccc6c6c7cc8c9ccccc9n(-c9ccccc9-c9ccccc9)c8cc7sc6c5n(-c5nc6ccccc6s5)c4c3)cc21.c1ccc(-n2c3cc(-c4ccc5oc6ccccc6c5c4)ccc3c3cc4c(cc32)sc2c4c3ccccc3c3c4ccccc4n(-c4cccnc4)c23)cc1. The molecule has 0 saturated heterocycles. The van der Waals surface area contributed by atoms with Gasteiger partial charge >= 0.3 is 0 Å². The lowest BCUT2D eigenvalue weighted by Gasteiger charge is -2.22. The Labute approximate surface area is 715 Å². The largest absolute Gasteiger partial charge is 0.456 e. The van der Waals surface area contributed by atoms with Crippen molar-refractivity contribution in [2.24, 2.45) is 0 Å². The van der Waals surface area contributed by atoms with Gasteiger partial charge in [-0.1, -0.05) is 274 Å². The molecule has 0 spiro atoms. The van der Waals surface area contributed by atoms with E-state index in [-0.39, 0.29) is 5.41 Å². The summed E-state index contributed by atoms with van der Waals surface area (Å²) in [6, 6.07) is 134. The summed E-state index contributed by atoms with van der Waals surface area (Å²) in [5, 5.41) is 23.6. The minimum atomic E-state index is -0.0851. The Morgan fingerprint density at radius 3 is 1.48 bits per heavy atom. The highest BCUT2D eigenvalue weighted by molar-refractivity contribution is 7.27. The van der Waals surface area contributed by atoms with Crippen molar-refractivity contribution in [2.75, 3.05) is 0 Å². The Morgan fingerprint density at radius 1 is 0.276 bits per heavy atom. The zero-order valence-electron chi connectivity index (χ0n) is 66.6. The predicted molar refractivity (Wildman–Crippen MR) is 523 cm³/mol. The maximum atomic E-state index is 6.18. The van der Waals surface area contributed by atoms with Crippen LogP contribution in [-0.2, 0) is 5.41 Å². The first-order valence-electron chi connectivity index (χ1n) is 42.0. The summed E-state index contributed by atoms with van der Waals surface area (Å²) in [5.74, 6) is 0. The Hall–Kier alpha value is -15.0. The van der Waals surface area contributed by atoms with Crippen LogP contribution in [0.3, 0.4) is 0 Å². The Bertz CT molecular complexity index is 9210. The number of fused-ring (bicyclic) bond motifs is 33. The number of hydrogen-bond donors (Lipinski definition) is 0. The minimum absolute atomic E-state index is 0.0851. The molecule has 1 aliphatic carbocycles. The monoisotopic (exact) mass is 1620 g/mol. The molecule has 0 atom stereocenters. The van der Waals surface area contributed by atoms with Gasteiger partial charge in [0.25, 0.3) is 0 Å². The molecule has 0 N–H and O–H groups in total. The molecule has 28 rings (SSSR count). The lowest BCUT2D eigenvalue weighted by molar-refractivity contribution is 0.660. The second-order valence-electron chi connectivity index (χ2n) is 33.4. The number of thiophene rings is 2. The van der Waals surface area contributed by atoms with E-state index in [0.717, 1.165) is 44.0 Å². The van der Waals surface area contributed by atoms with Crippen LogP contribution in [0.25, 0.3) is 248 Å². The van der Waals surface area contributed by atoms with E-state index < -0.39 is 0 Å². The van der Waals surface area contributed by atoms with Gasteiger partial charge in [-0.15, -0.1) is 22.7 Å². The number of hydrogen-bond acceptors (Lipinski definition) is 6. The van der Waals surface area contributed by atoms with E-state index in [4.69, 9.17) is 9.40 Å². The van der Waals surface area contributed by atoms with Crippen molar-refractivity contribution < 1.29 is 4.42 Å². The molecule has 0 amide bonds. The van der Waals surface area contributed by atoms with Crippen molar-refractivity contribution >= 4 is 215 Å². The van der Waals surface area contributed by atoms with Crippen LogP contribution in [0.4, 0.5) is 0 Å². The fourth-order valence-corrected chi connectivity index (χ4v) is 24.6. The average Bonchev–Trinajstić information content (AvgIpc) is 1.53. The molecule has 10 heteroatoms. The number of benzene rings is 18. The van der Waals surface area contributed by atoms with Gasteiger partial charge in [0.1, 0.15) is 11.2 Å². The first-order chi connectivity index (χ1) is 60.8. The molecule has 0 radical (unpaired) electrons. The third kappa shape index (κ3) is 9.90. The maximum Gasteiger partial charge on any atom is 0.195 e. The number of nitrogens with zero attached hydrogens (tertiary/aromatic N) is 6.